The zero-order chi connectivity index (χ0) is 11.6. The highest BCUT2D eigenvalue weighted by atomic mass is 16.5. The van der Waals surface area contributed by atoms with Crippen LogP contribution in [0.25, 0.3) is 0 Å². The van der Waals surface area contributed by atoms with Gasteiger partial charge in [0.05, 0.1) is 24.4 Å². The standard InChI is InChI=1S/C11H18N2O3/c1-9-5-10(12-16-9)6-13(2)11(7-14)3-4-15-8-11/h5,14H,3-4,6-8H2,1-2H3. The molecule has 1 aromatic heterocycles. The Morgan fingerprint density at radius 2 is 2.44 bits per heavy atom. The lowest BCUT2D eigenvalue weighted by Crippen LogP contribution is -2.49. The van der Waals surface area contributed by atoms with Gasteiger partial charge in [-0.1, -0.05) is 5.16 Å². The summed E-state index contributed by atoms with van der Waals surface area (Å²) in [4.78, 5) is 2.09. The van der Waals surface area contributed by atoms with Crippen molar-refractivity contribution in [2.75, 3.05) is 26.9 Å². The minimum atomic E-state index is -0.257. The molecule has 1 N–H and O–H groups in total. The van der Waals surface area contributed by atoms with Gasteiger partial charge in [-0.2, -0.15) is 0 Å². The molecule has 0 amide bonds. The van der Waals surface area contributed by atoms with Gasteiger partial charge in [-0.05, 0) is 20.4 Å². The van der Waals surface area contributed by atoms with Crippen molar-refractivity contribution >= 4 is 0 Å². The van der Waals surface area contributed by atoms with E-state index in [2.05, 4.69) is 10.1 Å². The van der Waals surface area contributed by atoms with Crippen molar-refractivity contribution in [2.45, 2.75) is 25.4 Å². The van der Waals surface area contributed by atoms with E-state index in [0.717, 1.165) is 17.9 Å². The van der Waals surface area contributed by atoms with Gasteiger partial charge in [-0.25, -0.2) is 0 Å². The first-order chi connectivity index (χ1) is 7.66. The summed E-state index contributed by atoms with van der Waals surface area (Å²) in [5.74, 6) is 0.809. The van der Waals surface area contributed by atoms with Gasteiger partial charge in [-0.3, -0.25) is 4.90 Å². The fraction of sp³-hybridized carbons (Fsp3) is 0.727. The molecule has 2 rings (SSSR count). The van der Waals surface area contributed by atoms with Crippen LogP contribution in [0.4, 0.5) is 0 Å². The third-order valence-electron chi connectivity index (χ3n) is 3.26. The van der Waals surface area contributed by atoms with Gasteiger partial charge < -0.3 is 14.4 Å². The first-order valence-corrected chi connectivity index (χ1v) is 5.48. The highest BCUT2D eigenvalue weighted by molar-refractivity contribution is 5.05. The van der Waals surface area contributed by atoms with Crippen molar-refractivity contribution < 1.29 is 14.4 Å². The smallest absolute Gasteiger partial charge is 0.133 e. The van der Waals surface area contributed by atoms with Crippen LogP contribution in [0.2, 0.25) is 0 Å². The predicted octanol–water partition coefficient (Wildman–Crippen LogP) is 0.566. The number of hydrogen-bond acceptors (Lipinski definition) is 5. The number of nitrogens with zero attached hydrogens (tertiary/aromatic N) is 2. The molecule has 2 heterocycles. The quantitative estimate of drug-likeness (QED) is 0.813. The minimum Gasteiger partial charge on any atom is -0.394 e. The monoisotopic (exact) mass is 226 g/mol. The van der Waals surface area contributed by atoms with E-state index in [-0.39, 0.29) is 12.1 Å². The maximum absolute atomic E-state index is 9.50. The second kappa shape index (κ2) is 4.53. The Morgan fingerprint density at radius 3 is 2.94 bits per heavy atom. The summed E-state index contributed by atoms with van der Waals surface area (Å²) >= 11 is 0. The lowest BCUT2D eigenvalue weighted by atomic mass is 9.98. The fourth-order valence-corrected chi connectivity index (χ4v) is 2.05. The van der Waals surface area contributed by atoms with E-state index in [1.165, 1.54) is 0 Å². The van der Waals surface area contributed by atoms with Crippen LogP contribution in [0.3, 0.4) is 0 Å². The van der Waals surface area contributed by atoms with E-state index in [4.69, 9.17) is 9.26 Å². The zero-order valence-corrected chi connectivity index (χ0v) is 9.77. The molecule has 0 spiro atoms. The number of ether oxygens (including phenoxy) is 1. The van der Waals surface area contributed by atoms with Crippen LogP contribution in [0.1, 0.15) is 17.9 Å². The molecule has 0 radical (unpaired) electrons. The first kappa shape index (κ1) is 11.6. The van der Waals surface area contributed by atoms with Crippen molar-refractivity contribution in [1.29, 1.82) is 0 Å². The number of likely N-dealkylation sites (N-methyl/N-ethyl adjacent to an activating group) is 1. The normalized spacial score (nSPS) is 25.5. The molecule has 0 bridgehead atoms. The van der Waals surface area contributed by atoms with Gasteiger partial charge in [0.2, 0.25) is 0 Å². The van der Waals surface area contributed by atoms with Crippen LogP contribution in [-0.2, 0) is 11.3 Å². The van der Waals surface area contributed by atoms with E-state index in [1.54, 1.807) is 0 Å². The van der Waals surface area contributed by atoms with Crippen LogP contribution in [0.5, 0.6) is 0 Å². The van der Waals surface area contributed by atoms with Crippen LogP contribution >= 0.6 is 0 Å². The second-order valence-electron chi connectivity index (χ2n) is 4.47. The minimum absolute atomic E-state index is 0.111. The van der Waals surface area contributed by atoms with E-state index in [0.29, 0.717) is 19.8 Å². The summed E-state index contributed by atoms with van der Waals surface area (Å²) in [5, 5.41) is 13.5. The molecular formula is C11H18N2O3. The SMILES string of the molecule is Cc1cc(CN(C)C2(CO)CCOC2)no1. The molecule has 0 aromatic carbocycles. The summed E-state index contributed by atoms with van der Waals surface area (Å²) in [6.45, 7) is 3.94. The molecule has 1 aromatic rings. The molecule has 1 aliphatic heterocycles. The molecule has 1 saturated heterocycles. The summed E-state index contributed by atoms with van der Waals surface area (Å²) < 4.78 is 10.4. The summed E-state index contributed by atoms with van der Waals surface area (Å²) in [7, 11) is 1.98. The topological polar surface area (TPSA) is 58.7 Å². The third-order valence-corrected chi connectivity index (χ3v) is 3.26. The molecule has 0 saturated carbocycles. The maximum atomic E-state index is 9.50. The van der Waals surface area contributed by atoms with Crippen LogP contribution in [-0.4, -0.2) is 47.6 Å². The summed E-state index contributed by atoms with van der Waals surface area (Å²) in [6, 6.07) is 1.91. The van der Waals surface area contributed by atoms with Gasteiger partial charge in [0.1, 0.15) is 5.76 Å². The molecule has 0 aliphatic carbocycles. The van der Waals surface area contributed by atoms with Crippen molar-refractivity contribution in [3.8, 4) is 0 Å². The van der Waals surface area contributed by atoms with E-state index >= 15 is 0 Å². The molecule has 1 fully saturated rings. The maximum Gasteiger partial charge on any atom is 0.133 e. The Labute approximate surface area is 95.0 Å². The summed E-state index contributed by atoms with van der Waals surface area (Å²) in [5.41, 5.74) is 0.632. The fourth-order valence-electron chi connectivity index (χ4n) is 2.05. The number of hydrogen-bond donors (Lipinski definition) is 1. The predicted molar refractivity (Wildman–Crippen MR) is 58.0 cm³/mol. The van der Waals surface area contributed by atoms with E-state index in [9.17, 15) is 5.11 Å². The first-order valence-electron chi connectivity index (χ1n) is 5.48. The molecule has 1 aliphatic rings. The highest BCUT2D eigenvalue weighted by Crippen LogP contribution is 2.25. The molecule has 90 valence electrons. The number of aromatic nitrogens is 1. The largest absolute Gasteiger partial charge is 0.394 e. The van der Waals surface area contributed by atoms with Crippen LogP contribution < -0.4 is 0 Å². The lowest BCUT2D eigenvalue weighted by molar-refractivity contribution is 0.0303. The molecule has 1 atom stereocenters. The Kier molecular flexibility index (Phi) is 3.28. The Balaban J connectivity index is 2.03. The average Bonchev–Trinajstić information content (AvgIpc) is 2.88. The Hall–Kier alpha value is -0.910. The lowest BCUT2D eigenvalue weighted by Gasteiger charge is -2.35. The van der Waals surface area contributed by atoms with Gasteiger partial charge in [0.15, 0.2) is 0 Å². The molecule has 1 unspecified atom stereocenters. The van der Waals surface area contributed by atoms with Crippen molar-refractivity contribution in [2.24, 2.45) is 0 Å². The Bertz CT molecular complexity index is 345. The number of aliphatic hydroxyl groups is 1. The third kappa shape index (κ3) is 2.11. The zero-order valence-electron chi connectivity index (χ0n) is 9.77. The van der Waals surface area contributed by atoms with Gasteiger partial charge in [0, 0.05) is 19.2 Å². The van der Waals surface area contributed by atoms with Crippen molar-refractivity contribution in [3.05, 3.63) is 17.5 Å². The number of rotatable bonds is 4. The molecule has 5 heteroatoms. The number of aliphatic hydroxyl groups excluding tert-OH is 1. The van der Waals surface area contributed by atoms with Gasteiger partial charge >= 0.3 is 0 Å². The highest BCUT2D eigenvalue weighted by Gasteiger charge is 2.38. The average molecular weight is 226 g/mol. The number of aryl methyl sites for hydroxylation is 1. The van der Waals surface area contributed by atoms with Crippen molar-refractivity contribution in [1.82, 2.24) is 10.1 Å². The molecular weight excluding hydrogens is 208 g/mol. The van der Waals surface area contributed by atoms with E-state index in [1.807, 2.05) is 20.0 Å². The second-order valence-corrected chi connectivity index (χ2v) is 4.47. The van der Waals surface area contributed by atoms with Crippen LogP contribution in [0, 0.1) is 6.92 Å². The van der Waals surface area contributed by atoms with Gasteiger partial charge in [0.25, 0.3) is 0 Å². The summed E-state index contributed by atoms with van der Waals surface area (Å²) in [6.07, 6.45) is 0.858. The van der Waals surface area contributed by atoms with Gasteiger partial charge in [-0.15, -0.1) is 0 Å². The molecule has 5 nitrogen and oxygen atoms in total. The van der Waals surface area contributed by atoms with Crippen LogP contribution in [0.15, 0.2) is 10.6 Å². The Morgan fingerprint density at radius 1 is 1.62 bits per heavy atom. The van der Waals surface area contributed by atoms with Crippen molar-refractivity contribution in [3.63, 3.8) is 0 Å². The molecule has 16 heavy (non-hydrogen) atoms. The van der Waals surface area contributed by atoms with E-state index < -0.39 is 0 Å².